The molecule has 0 bridgehead atoms. The van der Waals surface area contributed by atoms with Gasteiger partial charge in [0.05, 0.1) is 6.20 Å². The molecule has 0 radical (unpaired) electrons. The Morgan fingerprint density at radius 1 is 1.38 bits per heavy atom. The number of nitrogens with zero attached hydrogens (tertiary/aromatic N) is 4. The van der Waals surface area contributed by atoms with E-state index < -0.39 is 0 Å². The van der Waals surface area contributed by atoms with Crippen molar-refractivity contribution in [3.05, 3.63) is 22.4 Å². The van der Waals surface area contributed by atoms with Crippen LogP contribution in [0.3, 0.4) is 0 Å². The van der Waals surface area contributed by atoms with Gasteiger partial charge in [-0.25, -0.2) is 9.67 Å². The molecule has 0 fully saturated rings. The molecule has 0 N–H and O–H groups in total. The van der Waals surface area contributed by atoms with Crippen molar-refractivity contribution in [2.75, 3.05) is 0 Å². The summed E-state index contributed by atoms with van der Waals surface area (Å²) in [6.45, 7) is 4.80. The highest BCUT2D eigenvalue weighted by atomic mass is 16.1. The van der Waals surface area contributed by atoms with Gasteiger partial charge in [-0.2, -0.15) is 5.10 Å². The molecule has 0 aliphatic carbocycles. The van der Waals surface area contributed by atoms with Gasteiger partial charge in [0.2, 0.25) is 0 Å². The minimum Gasteiger partial charge on any atom is -0.299 e. The van der Waals surface area contributed by atoms with E-state index >= 15 is 0 Å². The number of hydrogen-bond donors (Lipinski definition) is 0. The van der Waals surface area contributed by atoms with E-state index in [1.165, 1.54) is 0 Å². The second-order valence-electron chi connectivity index (χ2n) is 3.84. The van der Waals surface area contributed by atoms with E-state index in [2.05, 4.69) is 17.0 Å². The van der Waals surface area contributed by atoms with Gasteiger partial charge in [-0.3, -0.25) is 9.36 Å². The van der Waals surface area contributed by atoms with Crippen LogP contribution in [-0.2, 0) is 20.0 Å². The lowest BCUT2D eigenvalue weighted by atomic mass is 10.3. The maximum absolute atomic E-state index is 12.0. The Balaban J connectivity index is 2.75. The molecule has 0 unspecified atom stereocenters. The van der Waals surface area contributed by atoms with Crippen LogP contribution in [0.15, 0.2) is 11.0 Å². The number of rotatable bonds is 3. The summed E-state index contributed by atoms with van der Waals surface area (Å²) in [4.78, 5) is 16.5. The van der Waals surface area contributed by atoms with Crippen LogP contribution in [0.5, 0.6) is 0 Å². The van der Waals surface area contributed by atoms with Gasteiger partial charge in [-0.05, 0) is 13.3 Å². The third-order valence-electron chi connectivity index (χ3n) is 2.74. The van der Waals surface area contributed by atoms with Crippen LogP contribution in [0, 0.1) is 0 Å². The van der Waals surface area contributed by atoms with Crippen molar-refractivity contribution in [3.8, 4) is 0 Å². The van der Waals surface area contributed by atoms with Crippen molar-refractivity contribution in [1.82, 2.24) is 19.3 Å². The van der Waals surface area contributed by atoms with Gasteiger partial charge < -0.3 is 0 Å². The lowest BCUT2D eigenvalue weighted by Gasteiger charge is -2.06. The van der Waals surface area contributed by atoms with Crippen LogP contribution in [0.2, 0.25) is 0 Å². The van der Waals surface area contributed by atoms with Crippen molar-refractivity contribution in [2.24, 2.45) is 7.05 Å². The van der Waals surface area contributed by atoms with Gasteiger partial charge in [-0.1, -0.05) is 6.92 Å². The van der Waals surface area contributed by atoms with Crippen LogP contribution in [-0.4, -0.2) is 19.3 Å². The van der Waals surface area contributed by atoms with Crippen LogP contribution in [0.1, 0.15) is 26.1 Å². The first-order valence-electron chi connectivity index (χ1n) is 5.60. The molecule has 2 rings (SSSR count). The van der Waals surface area contributed by atoms with E-state index in [1.54, 1.807) is 22.5 Å². The molecular weight excluding hydrogens is 204 g/mol. The lowest BCUT2D eigenvalue weighted by Crippen LogP contribution is -2.22. The van der Waals surface area contributed by atoms with E-state index in [0.717, 1.165) is 25.2 Å². The second-order valence-corrected chi connectivity index (χ2v) is 3.84. The summed E-state index contributed by atoms with van der Waals surface area (Å²) < 4.78 is 3.38. The zero-order valence-electron chi connectivity index (χ0n) is 9.90. The lowest BCUT2D eigenvalue weighted by molar-refractivity contribution is 0.663. The molecule has 16 heavy (non-hydrogen) atoms. The molecule has 0 amide bonds. The summed E-state index contributed by atoms with van der Waals surface area (Å²) >= 11 is 0. The van der Waals surface area contributed by atoms with Crippen molar-refractivity contribution in [3.63, 3.8) is 0 Å². The molecule has 0 aliphatic heterocycles. The first-order valence-corrected chi connectivity index (χ1v) is 5.60. The van der Waals surface area contributed by atoms with Gasteiger partial charge in [0, 0.05) is 20.0 Å². The number of aryl methyl sites for hydroxylation is 2. The highest BCUT2D eigenvalue weighted by Crippen LogP contribution is 2.08. The van der Waals surface area contributed by atoms with Crippen LogP contribution >= 0.6 is 0 Å². The normalized spacial score (nSPS) is 11.2. The molecule has 0 saturated carbocycles. The molecule has 2 aromatic rings. The minimum absolute atomic E-state index is 0.00634. The van der Waals surface area contributed by atoms with E-state index in [0.29, 0.717) is 11.0 Å². The van der Waals surface area contributed by atoms with Crippen molar-refractivity contribution < 1.29 is 0 Å². The van der Waals surface area contributed by atoms with Crippen molar-refractivity contribution in [1.29, 1.82) is 0 Å². The Morgan fingerprint density at radius 3 is 2.75 bits per heavy atom. The zero-order chi connectivity index (χ0) is 11.7. The maximum atomic E-state index is 12.0. The maximum Gasteiger partial charge on any atom is 0.264 e. The quantitative estimate of drug-likeness (QED) is 0.778. The summed E-state index contributed by atoms with van der Waals surface area (Å²) in [5, 5.41) is 4.76. The van der Waals surface area contributed by atoms with Crippen molar-refractivity contribution >= 4 is 11.0 Å². The van der Waals surface area contributed by atoms with Gasteiger partial charge in [-0.15, -0.1) is 0 Å². The third-order valence-corrected chi connectivity index (χ3v) is 2.74. The monoisotopic (exact) mass is 220 g/mol. The largest absolute Gasteiger partial charge is 0.299 e. The SMILES string of the molecule is CCCc1nc2c(cnn2CC)c(=O)n1C. The van der Waals surface area contributed by atoms with Crippen molar-refractivity contribution in [2.45, 2.75) is 33.2 Å². The van der Waals surface area contributed by atoms with Gasteiger partial charge in [0.1, 0.15) is 11.2 Å². The molecule has 2 aromatic heterocycles. The summed E-state index contributed by atoms with van der Waals surface area (Å²) in [5.74, 6) is 0.829. The fourth-order valence-corrected chi connectivity index (χ4v) is 1.82. The standard InChI is InChI=1S/C11H16N4O/c1-4-6-9-13-10-8(11(16)14(9)3)7-12-15(10)5-2/h7H,4-6H2,1-3H3. The zero-order valence-corrected chi connectivity index (χ0v) is 9.90. The van der Waals surface area contributed by atoms with Crippen LogP contribution in [0.25, 0.3) is 11.0 Å². The molecule has 86 valence electrons. The summed E-state index contributed by atoms with van der Waals surface area (Å²) in [6.07, 6.45) is 3.40. The molecule has 5 heteroatoms. The van der Waals surface area contributed by atoms with E-state index in [1.807, 2.05) is 6.92 Å². The van der Waals surface area contributed by atoms with Gasteiger partial charge in [0.15, 0.2) is 5.65 Å². The summed E-state index contributed by atoms with van der Waals surface area (Å²) in [6, 6.07) is 0. The Morgan fingerprint density at radius 2 is 2.12 bits per heavy atom. The molecule has 0 atom stereocenters. The fourth-order valence-electron chi connectivity index (χ4n) is 1.82. The van der Waals surface area contributed by atoms with E-state index in [4.69, 9.17) is 0 Å². The van der Waals surface area contributed by atoms with E-state index in [-0.39, 0.29) is 5.56 Å². The Kier molecular flexibility index (Phi) is 2.77. The third kappa shape index (κ3) is 1.52. The Bertz CT molecular complexity index is 567. The molecule has 0 saturated heterocycles. The average Bonchev–Trinajstić information content (AvgIpc) is 2.69. The Labute approximate surface area is 93.7 Å². The van der Waals surface area contributed by atoms with Crippen LogP contribution in [0.4, 0.5) is 0 Å². The molecular formula is C11H16N4O. The summed E-state index contributed by atoms with van der Waals surface area (Å²) in [5.41, 5.74) is 0.696. The molecule has 0 aliphatic rings. The Hall–Kier alpha value is -1.65. The molecule has 0 spiro atoms. The highest BCUT2D eigenvalue weighted by molar-refractivity contribution is 5.73. The predicted octanol–water partition coefficient (Wildman–Crippen LogP) is 1.10. The molecule has 0 aromatic carbocycles. The summed E-state index contributed by atoms with van der Waals surface area (Å²) in [7, 11) is 1.77. The number of hydrogen-bond acceptors (Lipinski definition) is 3. The second kappa shape index (κ2) is 4.08. The number of aromatic nitrogens is 4. The molecule has 5 nitrogen and oxygen atoms in total. The number of fused-ring (bicyclic) bond motifs is 1. The topological polar surface area (TPSA) is 52.7 Å². The fraction of sp³-hybridized carbons (Fsp3) is 0.545. The molecule has 2 heterocycles. The van der Waals surface area contributed by atoms with E-state index in [9.17, 15) is 4.79 Å². The first kappa shape index (κ1) is 10.9. The minimum atomic E-state index is -0.00634. The predicted molar refractivity (Wildman–Crippen MR) is 62.4 cm³/mol. The van der Waals surface area contributed by atoms with Gasteiger partial charge in [0.25, 0.3) is 5.56 Å². The average molecular weight is 220 g/mol. The smallest absolute Gasteiger partial charge is 0.264 e. The highest BCUT2D eigenvalue weighted by Gasteiger charge is 2.11. The van der Waals surface area contributed by atoms with Gasteiger partial charge >= 0.3 is 0 Å². The first-order chi connectivity index (χ1) is 7.69. The van der Waals surface area contributed by atoms with Crippen LogP contribution < -0.4 is 5.56 Å².